The highest BCUT2D eigenvalue weighted by molar-refractivity contribution is 7.89. The summed E-state index contributed by atoms with van der Waals surface area (Å²) in [6, 6.07) is 19.2. The van der Waals surface area contributed by atoms with Gasteiger partial charge < -0.3 is 14.4 Å². The Morgan fingerprint density at radius 2 is 1.55 bits per heavy atom. The topological polar surface area (TPSA) is 92.3 Å². The van der Waals surface area contributed by atoms with Gasteiger partial charge in [0, 0.05) is 25.2 Å². The van der Waals surface area contributed by atoms with Gasteiger partial charge in [-0.15, -0.1) is 12.4 Å². The summed E-state index contributed by atoms with van der Waals surface area (Å²) >= 11 is 1.36. The molecule has 1 amide bonds. The van der Waals surface area contributed by atoms with Crippen molar-refractivity contribution in [2.45, 2.75) is 24.8 Å². The maximum atomic E-state index is 13.9. The number of carbonyl (C=O) groups excluding carboxylic acids is 1. The summed E-state index contributed by atoms with van der Waals surface area (Å²) in [6.07, 6.45) is 0.723. The molecular formula is C30H37ClN4O5S2. The number of amides is 1. The Kier molecular flexibility index (Phi) is 11.7. The molecule has 1 aromatic heterocycles. The first kappa shape index (κ1) is 33.3. The van der Waals surface area contributed by atoms with E-state index < -0.39 is 10.0 Å². The van der Waals surface area contributed by atoms with Crippen LogP contribution < -0.4 is 14.4 Å². The first-order chi connectivity index (χ1) is 19.7. The molecule has 0 aliphatic heterocycles. The first-order valence-corrected chi connectivity index (χ1v) is 15.6. The average molecular weight is 633 g/mol. The fourth-order valence-electron chi connectivity index (χ4n) is 4.45. The second-order valence-electron chi connectivity index (χ2n) is 9.70. The summed E-state index contributed by atoms with van der Waals surface area (Å²) in [5.41, 5.74) is 1.90. The minimum Gasteiger partial charge on any atom is -0.495 e. The molecular weight excluding hydrogens is 596 g/mol. The first-order valence-electron chi connectivity index (χ1n) is 13.3. The summed E-state index contributed by atoms with van der Waals surface area (Å²) in [5.74, 6) is 0.978. The maximum Gasteiger partial charge on any atom is 0.260 e. The van der Waals surface area contributed by atoms with E-state index in [-0.39, 0.29) is 29.8 Å². The van der Waals surface area contributed by atoms with Crippen LogP contribution in [0, 0.1) is 0 Å². The third-order valence-corrected chi connectivity index (χ3v) is 9.68. The normalized spacial score (nSPS) is 11.5. The van der Waals surface area contributed by atoms with E-state index in [2.05, 4.69) is 4.90 Å². The monoisotopic (exact) mass is 632 g/mol. The van der Waals surface area contributed by atoms with Crippen molar-refractivity contribution in [2.75, 3.05) is 52.8 Å². The average Bonchev–Trinajstić information content (AvgIpc) is 3.43. The zero-order valence-corrected chi connectivity index (χ0v) is 26.9. The van der Waals surface area contributed by atoms with Crippen molar-refractivity contribution in [1.29, 1.82) is 0 Å². The Hall–Kier alpha value is -3.22. The summed E-state index contributed by atoms with van der Waals surface area (Å²) in [5, 5.41) is 0.517. The summed E-state index contributed by atoms with van der Waals surface area (Å²) in [4.78, 5) is 22.5. The van der Waals surface area contributed by atoms with Gasteiger partial charge in [-0.2, -0.15) is 4.31 Å². The Morgan fingerprint density at radius 3 is 2.14 bits per heavy atom. The van der Waals surface area contributed by atoms with Crippen molar-refractivity contribution in [1.82, 2.24) is 14.2 Å². The molecule has 3 aromatic carbocycles. The number of rotatable bonds is 13. The van der Waals surface area contributed by atoms with Crippen LogP contribution in [0.2, 0.25) is 0 Å². The van der Waals surface area contributed by atoms with E-state index in [9.17, 15) is 13.2 Å². The van der Waals surface area contributed by atoms with Crippen molar-refractivity contribution in [3.05, 3.63) is 77.9 Å². The molecule has 4 rings (SSSR count). The van der Waals surface area contributed by atoms with Gasteiger partial charge >= 0.3 is 0 Å². The van der Waals surface area contributed by atoms with Crippen LogP contribution in [0.15, 0.2) is 71.6 Å². The number of hydrogen-bond donors (Lipinski definition) is 0. The van der Waals surface area contributed by atoms with Gasteiger partial charge in [-0.25, -0.2) is 13.4 Å². The van der Waals surface area contributed by atoms with E-state index in [1.54, 1.807) is 37.3 Å². The van der Waals surface area contributed by atoms with Crippen molar-refractivity contribution in [2.24, 2.45) is 0 Å². The van der Waals surface area contributed by atoms with Gasteiger partial charge in [0.15, 0.2) is 5.13 Å². The lowest BCUT2D eigenvalue weighted by Crippen LogP contribution is -2.33. The fraction of sp³-hybridized carbons (Fsp3) is 0.333. The molecule has 42 heavy (non-hydrogen) atoms. The van der Waals surface area contributed by atoms with Crippen molar-refractivity contribution < 1.29 is 22.7 Å². The predicted octanol–water partition coefficient (Wildman–Crippen LogP) is 5.54. The molecule has 4 aromatic rings. The van der Waals surface area contributed by atoms with Crippen molar-refractivity contribution in [3.8, 4) is 11.5 Å². The van der Waals surface area contributed by atoms with Crippen LogP contribution in [-0.4, -0.2) is 76.5 Å². The minimum atomic E-state index is -3.76. The number of methoxy groups -OCH3 is 2. The second-order valence-corrected chi connectivity index (χ2v) is 12.6. The molecule has 0 fully saturated rings. The van der Waals surface area contributed by atoms with Gasteiger partial charge in [-0.1, -0.05) is 48.6 Å². The third kappa shape index (κ3) is 7.40. The lowest BCUT2D eigenvalue weighted by Gasteiger charge is -2.22. The number of fused-ring (bicyclic) bond motifs is 1. The van der Waals surface area contributed by atoms with Crippen LogP contribution in [0.3, 0.4) is 0 Å². The third-order valence-electron chi connectivity index (χ3n) is 6.66. The Morgan fingerprint density at radius 1 is 0.905 bits per heavy atom. The Balaban J connectivity index is 0.00000484. The molecule has 0 N–H and O–H groups in total. The molecule has 0 saturated heterocycles. The number of nitrogens with zero attached hydrogens (tertiary/aromatic N) is 4. The number of hydrogen-bond acceptors (Lipinski definition) is 8. The Bertz CT molecular complexity index is 1540. The van der Waals surface area contributed by atoms with E-state index in [1.165, 1.54) is 27.8 Å². The van der Waals surface area contributed by atoms with Crippen LogP contribution in [0.5, 0.6) is 11.5 Å². The van der Waals surface area contributed by atoms with E-state index in [1.807, 2.05) is 57.4 Å². The maximum absolute atomic E-state index is 13.9. The van der Waals surface area contributed by atoms with E-state index in [4.69, 9.17) is 14.5 Å². The highest BCUT2D eigenvalue weighted by atomic mass is 35.5. The second kappa shape index (κ2) is 14.8. The molecule has 0 aliphatic rings. The zero-order chi connectivity index (χ0) is 29.6. The minimum absolute atomic E-state index is 0. The molecule has 0 unspecified atom stereocenters. The van der Waals surface area contributed by atoms with Crippen LogP contribution in [0.4, 0.5) is 5.13 Å². The largest absolute Gasteiger partial charge is 0.495 e. The predicted molar refractivity (Wildman–Crippen MR) is 171 cm³/mol. The van der Waals surface area contributed by atoms with Gasteiger partial charge in [0.1, 0.15) is 21.7 Å². The number of sulfonamides is 1. The van der Waals surface area contributed by atoms with Crippen LogP contribution in [0.25, 0.3) is 10.2 Å². The summed E-state index contributed by atoms with van der Waals surface area (Å²) in [6.45, 7) is 3.62. The number of ether oxygens (including phenoxy) is 2. The molecule has 0 saturated carbocycles. The van der Waals surface area contributed by atoms with Gasteiger partial charge in [0.2, 0.25) is 10.0 Å². The summed E-state index contributed by atoms with van der Waals surface area (Å²) in [7, 11) is 3.38. The number of aromatic nitrogens is 1. The SMILES string of the molecule is CCN(Cc1ccccc1)S(=O)(=O)c1ccc(C(=O)N(CCCN(C)C)c2nc3c(OC)ccc(OC)c3s2)cc1.Cl. The van der Waals surface area contributed by atoms with E-state index >= 15 is 0 Å². The van der Waals surface area contributed by atoms with Gasteiger partial charge in [0.25, 0.3) is 5.91 Å². The van der Waals surface area contributed by atoms with Gasteiger partial charge in [0.05, 0.1) is 19.1 Å². The van der Waals surface area contributed by atoms with Crippen LogP contribution in [0.1, 0.15) is 29.3 Å². The standard InChI is InChI=1S/C30H36N4O5S2.ClH/c1-6-33(21-22-11-8-7-9-12-22)41(36,37)24-15-13-23(14-16-24)29(35)34(20-10-19-32(2)3)30-31-27-25(38-4)17-18-26(39-5)28(27)40-30;/h7-9,11-18H,6,10,19-21H2,1-5H3;1H. The molecule has 0 radical (unpaired) electrons. The lowest BCUT2D eigenvalue weighted by molar-refractivity contribution is 0.0986. The molecule has 226 valence electrons. The lowest BCUT2D eigenvalue weighted by atomic mass is 10.2. The number of benzene rings is 3. The molecule has 0 atom stereocenters. The van der Waals surface area contributed by atoms with Gasteiger partial charge in [-0.3, -0.25) is 9.69 Å². The quantitative estimate of drug-likeness (QED) is 0.191. The van der Waals surface area contributed by atoms with Crippen LogP contribution >= 0.6 is 23.7 Å². The molecule has 0 spiro atoms. The van der Waals surface area contributed by atoms with Crippen molar-refractivity contribution in [3.63, 3.8) is 0 Å². The number of anilines is 1. The highest BCUT2D eigenvalue weighted by Gasteiger charge is 2.26. The highest BCUT2D eigenvalue weighted by Crippen LogP contribution is 2.40. The molecule has 12 heteroatoms. The fourth-order valence-corrected chi connectivity index (χ4v) is 6.98. The molecule has 9 nitrogen and oxygen atoms in total. The molecule has 0 aliphatic carbocycles. The zero-order valence-electron chi connectivity index (χ0n) is 24.4. The number of carbonyl (C=O) groups is 1. The number of halogens is 1. The summed E-state index contributed by atoms with van der Waals surface area (Å²) < 4.78 is 40.1. The van der Waals surface area contributed by atoms with Gasteiger partial charge in [-0.05, 0) is 69.0 Å². The van der Waals surface area contributed by atoms with E-state index in [0.29, 0.717) is 40.8 Å². The van der Waals surface area contributed by atoms with Crippen LogP contribution in [-0.2, 0) is 16.6 Å². The van der Waals surface area contributed by atoms with E-state index in [0.717, 1.165) is 23.2 Å². The molecule has 0 bridgehead atoms. The molecule has 1 heterocycles. The Labute approximate surface area is 258 Å². The van der Waals surface area contributed by atoms with Crippen molar-refractivity contribution >= 4 is 55.0 Å². The smallest absolute Gasteiger partial charge is 0.260 e. The number of thiazole rings is 1.